The van der Waals surface area contributed by atoms with Gasteiger partial charge in [0.15, 0.2) is 18.9 Å². The third-order valence-corrected chi connectivity index (χ3v) is 16.2. The zero-order chi connectivity index (χ0) is 76.9. The van der Waals surface area contributed by atoms with Crippen LogP contribution in [0.5, 0.6) is 0 Å². The van der Waals surface area contributed by atoms with Crippen molar-refractivity contribution in [3.05, 3.63) is 0 Å². The summed E-state index contributed by atoms with van der Waals surface area (Å²) >= 11 is 0. The average molecular weight is 1520 g/mol. The minimum absolute atomic E-state index is 0.0177. The van der Waals surface area contributed by atoms with E-state index in [9.17, 15) is 58.8 Å². The highest BCUT2D eigenvalue weighted by molar-refractivity contribution is 5.77. The fourth-order valence-electron chi connectivity index (χ4n) is 10.5. The van der Waals surface area contributed by atoms with Gasteiger partial charge < -0.3 is 149 Å². The molecule has 3 heterocycles. The Bertz CT molecular complexity index is 2300. The number of carbonyl (C=O) groups is 8. The first-order valence-corrected chi connectivity index (χ1v) is 36.2. The van der Waals surface area contributed by atoms with Gasteiger partial charge in [-0.05, 0) is 12.8 Å². The smallest absolute Gasteiger partial charge is 0.303 e. The standard InChI is InChI=1S/C67H121N7O31/c1-46(75)100-40-49-38-51(78)59(68)64(103-49)97-35-32-91-29-26-88-23-17-71-54(80)14-20-94-43-67(74-57(83)12-10-8-6-4-5-7-9-11-13-58(84)85,44-95-21-15-55(81)72-18-24-89-27-30-92-33-36-98-65-60(69)52(79)39-50(104-65)41-101-47(2)76)45-96-22-16-56(82)73-19-25-90-28-31-93-34-37-99-66-61(70)63(87)62(86)53(105-66)42-102-48(3)77/h49-53,59-66,78-79,86-87H,4-45,68-70H2,1-3H3,(H,71,80)(H,72,81)(H,73,82)(H,74,83)(H,84,85). The number of hydrogen-bond acceptors (Lipinski definition) is 33. The molecule has 38 nitrogen and oxygen atoms in total. The molecule has 13 atom stereocenters. The van der Waals surface area contributed by atoms with Gasteiger partial charge in [-0.25, -0.2) is 0 Å². The van der Waals surface area contributed by atoms with Crippen LogP contribution < -0.4 is 38.5 Å². The van der Waals surface area contributed by atoms with Crippen molar-refractivity contribution in [2.24, 2.45) is 17.2 Å². The summed E-state index contributed by atoms with van der Waals surface area (Å²) in [4.78, 5) is 97.2. The normalized spacial score (nSPS) is 23.7. The Balaban J connectivity index is 1.50. The van der Waals surface area contributed by atoms with E-state index in [0.717, 1.165) is 38.5 Å². The topological polar surface area (TPSA) is 530 Å². The number of carboxylic acid groups (broad SMARTS) is 1. The molecular weight excluding hydrogens is 1400 g/mol. The van der Waals surface area contributed by atoms with Crippen LogP contribution in [0.4, 0.5) is 0 Å². The third kappa shape index (κ3) is 45.5. The van der Waals surface area contributed by atoms with E-state index in [-0.39, 0.29) is 247 Å². The summed E-state index contributed by atoms with van der Waals surface area (Å²) in [5.74, 6) is -3.75. The lowest BCUT2D eigenvalue weighted by atomic mass is 9.98. The summed E-state index contributed by atoms with van der Waals surface area (Å²) in [5, 5.41) is 61.5. The molecule has 13 unspecified atom stereocenters. The Morgan fingerprint density at radius 2 is 0.714 bits per heavy atom. The van der Waals surface area contributed by atoms with Crippen molar-refractivity contribution in [3.63, 3.8) is 0 Å². The molecule has 3 aliphatic heterocycles. The number of unbranched alkanes of at least 4 members (excludes halogenated alkanes) is 7. The number of carbonyl (C=O) groups excluding carboxylic acids is 7. The molecule has 3 rings (SSSR count). The Labute approximate surface area is 613 Å². The van der Waals surface area contributed by atoms with Crippen molar-refractivity contribution in [3.8, 4) is 0 Å². The molecule has 4 amide bonds. The first-order valence-electron chi connectivity index (χ1n) is 36.2. The van der Waals surface area contributed by atoms with Gasteiger partial charge in [-0.1, -0.05) is 38.5 Å². The molecule has 105 heavy (non-hydrogen) atoms. The summed E-state index contributed by atoms with van der Waals surface area (Å²) in [6, 6.07) is -2.68. The van der Waals surface area contributed by atoms with E-state index in [1.54, 1.807) is 0 Å². The van der Waals surface area contributed by atoms with Crippen molar-refractivity contribution in [1.82, 2.24) is 21.3 Å². The molecule has 15 N–H and O–H groups in total. The second-order valence-corrected chi connectivity index (χ2v) is 25.3. The van der Waals surface area contributed by atoms with Crippen LogP contribution in [0.2, 0.25) is 0 Å². The van der Waals surface area contributed by atoms with E-state index >= 15 is 0 Å². The van der Waals surface area contributed by atoms with Gasteiger partial charge in [0.1, 0.15) is 43.7 Å². The summed E-state index contributed by atoms with van der Waals surface area (Å²) in [6.07, 6.45) is -2.88. The number of esters is 3. The van der Waals surface area contributed by atoms with Crippen molar-refractivity contribution in [2.75, 3.05) is 178 Å². The number of aliphatic carboxylic acids is 1. The van der Waals surface area contributed by atoms with Crippen LogP contribution >= 0.6 is 0 Å². The molecule has 0 aromatic heterocycles. The molecule has 3 saturated heterocycles. The molecule has 0 radical (unpaired) electrons. The van der Waals surface area contributed by atoms with Gasteiger partial charge in [-0.15, -0.1) is 0 Å². The number of aliphatic hydroxyl groups excluding tert-OH is 4. The highest BCUT2D eigenvalue weighted by Gasteiger charge is 2.44. The number of nitrogens with two attached hydrogens (primary N) is 3. The van der Waals surface area contributed by atoms with Crippen LogP contribution in [-0.4, -0.2) is 337 Å². The molecule has 38 heteroatoms. The maximum Gasteiger partial charge on any atom is 0.303 e. The summed E-state index contributed by atoms with van der Waals surface area (Å²) < 4.78 is 101. The molecule has 0 bridgehead atoms. The Hall–Kier alpha value is -5.12. The molecule has 0 spiro atoms. The quantitative estimate of drug-likeness (QED) is 0.0161. The van der Waals surface area contributed by atoms with Crippen LogP contribution in [0.15, 0.2) is 0 Å². The zero-order valence-electron chi connectivity index (χ0n) is 61.3. The molecular formula is C67H121N7O31. The lowest BCUT2D eigenvalue weighted by Crippen LogP contribution is -2.62. The van der Waals surface area contributed by atoms with Gasteiger partial charge in [0.25, 0.3) is 0 Å². The van der Waals surface area contributed by atoms with Crippen molar-refractivity contribution < 1.29 is 149 Å². The van der Waals surface area contributed by atoms with Crippen LogP contribution in [0.1, 0.15) is 117 Å². The SMILES string of the molecule is CC(=O)OCC1CC(O)C(N)C(OCCOCCOCCNC(=O)CCOCC(COCCC(=O)NCCOCCOCCOC2OC(COC(C)=O)CC(O)C2N)(COCCC(=O)NCCOCCOCCOC2OC(COC(C)=O)C(O)C(O)C2N)NC(=O)CCCCCCCCCCC(=O)O)O1. The number of hydrogen-bond donors (Lipinski definition) is 12. The second-order valence-electron chi connectivity index (χ2n) is 25.3. The number of nitrogens with one attached hydrogen (secondary N) is 4. The van der Waals surface area contributed by atoms with E-state index in [1.807, 2.05) is 0 Å². The summed E-state index contributed by atoms with van der Waals surface area (Å²) in [7, 11) is 0. The van der Waals surface area contributed by atoms with E-state index < -0.39 is 109 Å². The fraction of sp³-hybridized carbons (Fsp3) is 0.881. The van der Waals surface area contributed by atoms with Gasteiger partial charge in [0, 0.05) is 85.4 Å². The lowest BCUT2D eigenvalue weighted by Gasteiger charge is -2.40. The highest BCUT2D eigenvalue weighted by Crippen LogP contribution is 2.24. The maximum atomic E-state index is 13.8. The number of amides is 4. The Morgan fingerprint density at radius 1 is 0.381 bits per heavy atom. The number of ether oxygens (including phenoxy) is 18. The van der Waals surface area contributed by atoms with Gasteiger partial charge in [0.2, 0.25) is 23.6 Å². The minimum Gasteiger partial charge on any atom is -0.481 e. The number of aliphatic hydroxyl groups is 4. The van der Waals surface area contributed by atoms with Crippen LogP contribution in [0.25, 0.3) is 0 Å². The zero-order valence-corrected chi connectivity index (χ0v) is 61.3. The Morgan fingerprint density at radius 3 is 1.09 bits per heavy atom. The third-order valence-electron chi connectivity index (χ3n) is 16.2. The molecule has 0 saturated carbocycles. The maximum absolute atomic E-state index is 13.8. The largest absolute Gasteiger partial charge is 0.481 e. The molecule has 0 aromatic rings. The summed E-state index contributed by atoms with van der Waals surface area (Å²) in [6.45, 7) is 5.33. The second kappa shape index (κ2) is 57.9. The van der Waals surface area contributed by atoms with Crippen LogP contribution in [-0.2, 0) is 124 Å². The van der Waals surface area contributed by atoms with E-state index in [2.05, 4.69) is 21.3 Å². The molecule has 0 aliphatic carbocycles. The molecule has 0 aromatic carbocycles. The highest BCUT2D eigenvalue weighted by atomic mass is 16.7. The first-order chi connectivity index (χ1) is 50.5. The van der Waals surface area contributed by atoms with Gasteiger partial charge in [-0.3, -0.25) is 38.4 Å². The van der Waals surface area contributed by atoms with Gasteiger partial charge >= 0.3 is 23.9 Å². The lowest BCUT2D eigenvalue weighted by molar-refractivity contribution is -0.268. The predicted molar refractivity (Wildman–Crippen MR) is 366 cm³/mol. The first kappa shape index (κ1) is 94.1. The van der Waals surface area contributed by atoms with Crippen molar-refractivity contribution >= 4 is 47.5 Å². The van der Waals surface area contributed by atoms with Crippen molar-refractivity contribution in [2.45, 2.75) is 202 Å². The predicted octanol–water partition coefficient (Wildman–Crippen LogP) is -3.39. The van der Waals surface area contributed by atoms with Crippen LogP contribution in [0.3, 0.4) is 0 Å². The van der Waals surface area contributed by atoms with Crippen LogP contribution in [0, 0.1) is 0 Å². The van der Waals surface area contributed by atoms with E-state index in [0.29, 0.717) is 12.8 Å². The monoisotopic (exact) mass is 1520 g/mol. The average Bonchev–Trinajstić information content (AvgIpc) is 0.834. The number of carboxylic acids is 1. The Kier molecular flexibility index (Phi) is 51.9. The molecule has 3 aliphatic rings. The van der Waals surface area contributed by atoms with E-state index in [4.69, 9.17) is 108 Å². The van der Waals surface area contributed by atoms with Gasteiger partial charge in [0.05, 0.1) is 181 Å². The molecule has 3 fully saturated rings. The number of rotatable bonds is 63. The van der Waals surface area contributed by atoms with Crippen molar-refractivity contribution in [1.29, 1.82) is 0 Å². The minimum atomic E-state index is -1.39. The summed E-state index contributed by atoms with van der Waals surface area (Å²) in [5.41, 5.74) is 16.7. The molecule has 610 valence electrons. The van der Waals surface area contributed by atoms with Gasteiger partial charge in [-0.2, -0.15) is 0 Å². The fourth-order valence-corrected chi connectivity index (χ4v) is 10.5. The van der Waals surface area contributed by atoms with E-state index in [1.165, 1.54) is 20.8 Å².